The first-order valence-electron chi connectivity index (χ1n) is 8.68. The Hall–Kier alpha value is -2.15. The lowest BCUT2D eigenvalue weighted by Gasteiger charge is -2.32. The monoisotopic (exact) mass is 357 g/mol. The van der Waals surface area contributed by atoms with Gasteiger partial charge < -0.3 is 4.90 Å². The molecular formula is C18H23N5OS. The van der Waals surface area contributed by atoms with Crippen molar-refractivity contribution >= 4 is 22.1 Å². The Kier molecular flexibility index (Phi) is 3.91. The van der Waals surface area contributed by atoms with Gasteiger partial charge >= 0.3 is 0 Å². The molecule has 1 fully saturated rings. The minimum absolute atomic E-state index is 0.0878. The van der Waals surface area contributed by atoms with Crippen LogP contribution >= 0.6 is 11.3 Å². The van der Waals surface area contributed by atoms with Crippen molar-refractivity contribution in [3.63, 3.8) is 0 Å². The van der Waals surface area contributed by atoms with E-state index in [0.29, 0.717) is 11.5 Å². The maximum Gasteiger partial charge on any atom is 0.257 e. The van der Waals surface area contributed by atoms with E-state index >= 15 is 0 Å². The normalized spacial score (nSPS) is 18.2. The number of hydrogen-bond acceptors (Lipinski definition) is 4. The molecule has 4 rings (SSSR count). The second-order valence-corrected chi connectivity index (χ2v) is 7.78. The van der Waals surface area contributed by atoms with Crippen molar-refractivity contribution in [3.8, 4) is 0 Å². The highest BCUT2D eigenvalue weighted by atomic mass is 32.1. The molecule has 1 aliphatic heterocycles. The third kappa shape index (κ3) is 2.57. The topological polar surface area (TPSA) is 55.4 Å². The Morgan fingerprint density at radius 2 is 2.12 bits per heavy atom. The summed E-state index contributed by atoms with van der Waals surface area (Å²) >= 11 is 1.75. The number of hydrogen-bond donors (Lipinski definition) is 0. The number of thiazole rings is 1. The number of fused-ring (bicyclic) bond motifs is 1. The third-order valence-electron chi connectivity index (χ3n) is 5.28. The van der Waals surface area contributed by atoms with E-state index in [9.17, 15) is 4.79 Å². The lowest BCUT2D eigenvalue weighted by molar-refractivity contribution is 0.0705. The molecule has 3 aromatic rings. The molecule has 0 radical (unpaired) electrons. The predicted molar refractivity (Wildman–Crippen MR) is 98.4 cm³/mol. The molecule has 4 heterocycles. The van der Waals surface area contributed by atoms with Gasteiger partial charge in [-0.25, -0.2) is 4.98 Å². The fraction of sp³-hybridized carbons (Fsp3) is 0.500. The second kappa shape index (κ2) is 5.98. The molecular weight excluding hydrogens is 334 g/mol. The van der Waals surface area contributed by atoms with Gasteiger partial charge in [0.15, 0.2) is 0 Å². The van der Waals surface area contributed by atoms with Gasteiger partial charge in [-0.15, -0.1) is 11.3 Å². The molecule has 1 amide bonds. The van der Waals surface area contributed by atoms with E-state index < -0.39 is 0 Å². The van der Waals surface area contributed by atoms with Crippen molar-refractivity contribution < 1.29 is 4.79 Å². The molecule has 0 bridgehead atoms. The Morgan fingerprint density at radius 3 is 2.84 bits per heavy atom. The highest BCUT2D eigenvalue weighted by Crippen LogP contribution is 2.33. The lowest BCUT2D eigenvalue weighted by Crippen LogP contribution is -2.39. The molecule has 7 heteroatoms. The maximum atomic E-state index is 12.9. The number of imidazole rings is 1. The quantitative estimate of drug-likeness (QED) is 0.708. The summed E-state index contributed by atoms with van der Waals surface area (Å²) in [6, 6.07) is 0. The van der Waals surface area contributed by atoms with Crippen LogP contribution in [0.2, 0.25) is 0 Å². The Morgan fingerprint density at radius 1 is 1.32 bits per heavy atom. The maximum absolute atomic E-state index is 12.9. The number of rotatable bonds is 2. The molecule has 0 N–H and O–H groups in total. The Labute approximate surface area is 151 Å². The van der Waals surface area contributed by atoms with Crippen LogP contribution in [-0.2, 0) is 7.05 Å². The van der Waals surface area contributed by atoms with Crippen molar-refractivity contribution in [3.05, 3.63) is 40.0 Å². The summed E-state index contributed by atoms with van der Waals surface area (Å²) in [6.45, 7) is 7.66. The molecule has 0 aromatic carbocycles. The van der Waals surface area contributed by atoms with Crippen molar-refractivity contribution in [2.75, 3.05) is 13.1 Å². The summed E-state index contributed by atoms with van der Waals surface area (Å²) in [6.07, 6.45) is 3.78. The largest absolute Gasteiger partial charge is 0.338 e. The van der Waals surface area contributed by atoms with Gasteiger partial charge in [-0.05, 0) is 33.6 Å². The van der Waals surface area contributed by atoms with Crippen LogP contribution in [0.5, 0.6) is 0 Å². The number of piperidine rings is 1. The van der Waals surface area contributed by atoms with Gasteiger partial charge in [-0.1, -0.05) is 0 Å². The highest BCUT2D eigenvalue weighted by Gasteiger charge is 2.30. The first-order valence-corrected chi connectivity index (χ1v) is 9.56. The molecule has 132 valence electrons. The molecule has 1 saturated heterocycles. The van der Waals surface area contributed by atoms with Crippen molar-refractivity contribution in [2.24, 2.45) is 7.05 Å². The molecule has 0 aliphatic carbocycles. The number of aromatic nitrogens is 4. The molecule has 3 aromatic heterocycles. The van der Waals surface area contributed by atoms with Gasteiger partial charge in [0.05, 0.1) is 17.5 Å². The van der Waals surface area contributed by atoms with E-state index in [0.717, 1.165) is 43.1 Å². The summed E-state index contributed by atoms with van der Waals surface area (Å²) < 4.78 is 3.98. The van der Waals surface area contributed by atoms with Gasteiger partial charge in [0.1, 0.15) is 10.7 Å². The van der Waals surface area contributed by atoms with E-state index in [1.165, 1.54) is 10.5 Å². The number of aryl methyl sites for hydroxylation is 3. The molecule has 1 unspecified atom stereocenters. The Bertz CT molecular complexity index is 950. The number of likely N-dealkylation sites (tertiary alicyclic amines) is 1. The van der Waals surface area contributed by atoms with Crippen molar-refractivity contribution in [1.82, 2.24) is 24.1 Å². The number of nitrogens with zero attached hydrogens (tertiary/aromatic N) is 5. The minimum Gasteiger partial charge on any atom is -0.338 e. The summed E-state index contributed by atoms with van der Waals surface area (Å²) in [7, 11) is 1.87. The van der Waals surface area contributed by atoms with E-state index in [4.69, 9.17) is 4.98 Å². The number of carbonyl (C=O) groups is 1. The molecule has 25 heavy (non-hydrogen) atoms. The fourth-order valence-electron chi connectivity index (χ4n) is 3.79. The summed E-state index contributed by atoms with van der Waals surface area (Å²) in [5.74, 6) is 1.43. The van der Waals surface area contributed by atoms with Crippen molar-refractivity contribution in [1.29, 1.82) is 0 Å². The van der Waals surface area contributed by atoms with Crippen LogP contribution in [0.15, 0.2) is 11.6 Å². The number of carbonyl (C=O) groups excluding carboxylic acids is 1. The van der Waals surface area contributed by atoms with E-state index in [1.54, 1.807) is 22.2 Å². The van der Waals surface area contributed by atoms with Crippen molar-refractivity contribution in [2.45, 2.75) is 39.5 Å². The SMILES string of the molecule is Cc1c(C(=O)N2CCCC(c3nc(C)n4c(C)csc34)C2)cnn1C. The lowest BCUT2D eigenvalue weighted by atomic mass is 9.94. The van der Waals surface area contributed by atoms with Crippen LogP contribution in [0.1, 0.15) is 52.0 Å². The van der Waals surface area contributed by atoms with Gasteiger partial charge in [-0.2, -0.15) is 5.10 Å². The zero-order valence-corrected chi connectivity index (χ0v) is 15.9. The van der Waals surface area contributed by atoms with E-state index in [1.807, 2.05) is 18.9 Å². The highest BCUT2D eigenvalue weighted by molar-refractivity contribution is 7.15. The van der Waals surface area contributed by atoms with E-state index in [2.05, 4.69) is 28.7 Å². The average molecular weight is 357 g/mol. The third-order valence-corrected chi connectivity index (χ3v) is 6.36. The van der Waals surface area contributed by atoms with Crippen LogP contribution in [0, 0.1) is 20.8 Å². The summed E-state index contributed by atoms with van der Waals surface area (Å²) in [5.41, 5.74) is 4.00. The van der Waals surface area contributed by atoms with Crippen LogP contribution < -0.4 is 0 Å². The molecule has 6 nitrogen and oxygen atoms in total. The van der Waals surface area contributed by atoms with E-state index in [-0.39, 0.29) is 5.91 Å². The number of amides is 1. The first-order chi connectivity index (χ1) is 12.0. The summed E-state index contributed by atoms with van der Waals surface area (Å²) in [5, 5.41) is 6.39. The zero-order chi connectivity index (χ0) is 17.7. The average Bonchev–Trinajstić information content (AvgIpc) is 3.25. The van der Waals surface area contributed by atoms with Crippen LogP contribution in [0.25, 0.3) is 4.83 Å². The van der Waals surface area contributed by atoms with Gasteiger partial charge in [-0.3, -0.25) is 13.9 Å². The first kappa shape index (κ1) is 16.3. The summed E-state index contributed by atoms with van der Waals surface area (Å²) in [4.78, 5) is 21.0. The van der Waals surface area contributed by atoms with Crippen LogP contribution in [0.4, 0.5) is 0 Å². The smallest absolute Gasteiger partial charge is 0.257 e. The predicted octanol–water partition coefficient (Wildman–Crippen LogP) is 3.07. The van der Waals surface area contributed by atoms with Gasteiger partial charge in [0, 0.05) is 42.8 Å². The standard InChI is InChI=1S/C18H23N5OS/c1-11-10-25-18-16(20-13(3)23(11)18)14-6-5-7-22(9-14)17(24)15-8-19-21(4)12(15)2/h8,10,14H,5-7,9H2,1-4H3. The van der Waals surface area contributed by atoms with Crippen LogP contribution in [0.3, 0.4) is 0 Å². The van der Waals surface area contributed by atoms with Gasteiger partial charge in [0.25, 0.3) is 5.91 Å². The Balaban J connectivity index is 1.62. The molecule has 0 spiro atoms. The molecule has 1 atom stereocenters. The molecule has 1 aliphatic rings. The fourth-order valence-corrected chi connectivity index (χ4v) is 4.89. The van der Waals surface area contributed by atoms with Crippen LogP contribution in [-0.4, -0.2) is 43.1 Å². The zero-order valence-electron chi connectivity index (χ0n) is 15.1. The molecule has 0 saturated carbocycles. The van der Waals surface area contributed by atoms with Gasteiger partial charge in [0.2, 0.25) is 0 Å². The second-order valence-electron chi connectivity index (χ2n) is 6.92. The minimum atomic E-state index is 0.0878.